The molecule has 0 aliphatic carbocycles. The lowest BCUT2D eigenvalue weighted by Crippen LogP contribution is -2.06. The molecule has 0 saturated heterocycles. The maximum atomic E-state index is 10.5. The van der Waals surface area contributed by atoms with E-state index in [9.17, 15) is 9.59 Å². The molecule has 0 radical (unpaired) electrons. The van der Waals surface area contributed by atoms with Crippen molar-refractivity contribution >= 4 is 35.1 Å². The van der Waals surface area contributed by atoms with E-state index in [1.54, 1.807) is 12.1 Å². The lowest BCUT2D eigenvalue weighted by molar-refractivity contribution is 0.0651. The first kappa shape index (κ1) is 16.0. The molecule has 2 aromatic rings. The number of carboxylic acid groups (broad SMARTS) is 2. The normalized spacial score (nSPS) is 9.30. The Morgan fingerprint density at radius 3 is 1.25 bits per heavy atom. The molecular formula is C14H10Cl2O4. The summed E-state index contributed by atoms with van der Waals surface area (Å²) >= 11 is 11.2. The van der Waals surface area contributed by atoms with Gasteiger partial charge >= 0.3 is 11.9 Å². The summed E-state index contributed by atoms with van der Waals surface area (Å²) in [6.07, 6.45) is 0. The highest BCUT2D eigenvalue weighted by Gasteiger charge is 2.13. The van der Waals surface area contributed by atoms with Crippen LogP contribution in [-0.2, 0) is 0 Å². The molecule has 2 N–H and O–H groups in total. The molecule has 0 amide bonds. The van der Waals surface area contributed by atoms with Gasteiger partial charge in [0, 0.05) is 0 Å². The molecule has 2 rings (SSSR count). The molecule has 0 bridgehead atoms. The Hall–Kier alpha value is -2.04. The van der Waals surface area contributed by atoms with Crippen LogP contribution in [0.4, 0.5) is 0 Å². The minimum absolute atomic E-state index is 0.190. The zero-order valence-electron chi connectivity index (χ0n) is 10.1. The summed E-state index contributed by atoms with van der Waals surface area (Å²) in [6.45, 7) is 0. The van der Waals surface area contributed by atoms with Gasteiger partial charge in [-0.2, -0.15) is 0 Å². The van der Waals surface area contributed by atoms with Crippen LogP contribution in [0.1, 0.15) is 20.7 Å². The minimum atomic E-state index is -1.23. The van der Waals surface area contributed by atoms with Gasteiger partial charge in [0.25, 0.3) is 0 Å². The van der Waals surface area contributed by atoms with E-state index in [4.69, 9.17) is 33.4 Å². The van der Waals surface area contributed by atoms with Gasteiger partial charge in [-0.15, -0.1) is 0 Å². The first-order chi connectivity index (χ1) is 9.43. The molecule has 0 aromatic heterocycles. The van der Waals surface area contributed by atoms with Crippen molar-refractivity contribution in [3.63, 3.8) is 0 Å². The van der Waals surface area contributed by atoms with Crippen molar-refractivity contribution in [2.45, 2.75) is 0 Å². The second-order valence-electron chi connectivity index (χ2n) is 3.57. The van der Waals surface area contributed by atoms with Gasteiger partial charge in [0.05, 0.1) is 21.2 Å². The van der Waals surface area contributed by atoms with Crippen LogP contribution in [0.3, 0.4) is 0 Å². The van der Waals surface area contributed by atoms with E-state index < -0.39 is 11.9 Å². The smallest absolute Gasteiger partial charge is 0.336 e. The number of rotatable bonds is 2. The van der Waals surface area contributed by atoms with Crippen molar-refractivity contribution in [2.75, 3.05) is 0 Å². The van der Waals surface area contributed by atoms with Crippen LogP contribution < -0.4 is 0 Å². The highest BCUT2D eigenvalue weighted by Crippen LogP contribution is 2.19. The van der Waals surface area contributed by atoms with E-state index in [1.807, 2.05) is 12.1 Å². The predicted octanol–water partition coefficient (Wildman–Crippen LogP) is 4.08. The Bertz CT molecular complexity index is 572. The molecule has 0 heterocycles. The molecule has 6 heteroatoms. The largest absolute Gasteiger partial charge is 0.478 e. The fourth-order valence-corrected chi connectivity index (χ4v) is 1.57. The fourth-order valence-electron chi connectivity index (χ4n) is 1.30. The highest BCUT2D eigenvalue weighted by atomic mass is 35.5. The number of carboxylic acids is 2. The summed E-state index contributed by atoms with van der Waals surface area (Å²) in [6, 6.07) is 12.7. The third-order valence-electron chi connectivity index (χ3n) is 2.21. The lowest BCUT2D eigenvalue weighted by Gasteiger charge is -1.98. The fraction of sp³-hybridized carbons (Fsp3) is 0. The molecule has 0 aliphatic heterocycles. The maximum Gasteiger partial charge on any atom is 0.336 e. The molecular weight excluding hydrogens is 303 g/mol. The quantitative estimate of drug-likeness (QED) is 0.876. The molecule has 20 heavy (non-hydrogen) atoms. The van der Waals surface area contributed by atoms with E-state index in [-0.39, 0.29) is 11.1 Å². The van der Waals surface area contributed by atoms with Crippen LogP contribution in [0.5, 0.6) is 0 Å². The standard InChI is InChI=1S/C8H6O4.C6H4Cl2/c9-7(10)5-3-1-2-4-6(5)8(11)12;7-5-3-1-2-4-6(5)8/h1-4H,(H,9,10)(H,11,12);1-4H. The monoisotopic (exact) mass is 312 g/mol. The molecule has 104 valence electrons. The van der Waals surface area contributed by atoms with Gasteiger partial charge in [0.2, 0.25) is 0 Å². The van der Waals surface area contributed by atoms with Gasteiger partial charge in [0.1, 0.15) is 0 Å². The molecule has 2 aromatic carbocycles. The Balaban J connectivity index is 0.000000217. The van der Waals surface area contributed by atoms with E-state index >= 15 is 0 Å². The second kappa shape index (κ2) is 7.53. The zero-order chi connectivity index (χ0) is 15.1. The molecule has 0 aliphatic rings. The average Bonchev–Trinajstić information content (AvgIpc) is 2.43. The van der Waals surface area contributed by atoms with Crippen LogP contribution >= 0.6 is 23.2 Å². The molecule has 0 saturated carbocycles. The molecule has 4 nitrogen and oxygen atoms in total. The van der Waals surface area contributed by atoms with Crippen molar-refractivity contribution in [2.24, 2.45) is 0 Å². The van der Waals surface area contributed by atoms with Crippen LogP contribution in [0, 0.1) is 0 Å². The van der Waals surface area contributed by atoms with E-state index in [1.165, 1.54) is 24.3 Å². The van der Waals surface area contributed by atoms with Crippen LogP contribution in [-0.4, -0.2) is 22.2 Å². The summed E-state index contributed by atoms with van der Waals surface area (Å²) < 4.78 is 0. The van der Waals surface area contributed by atoms with Gasteiger partial charge in [-0.05, 0) is 24.3 Å². The van der Waals surface area contributed by atoms with Gasteiger partial charge in [0.15, 0.2) is 0 Å². The van der Waals surface area contributed by atoms with Crippen molar-refractivity contribution in [3.8, 4) is 0 Å². The van der Waals surface area contributed by atoms with Crippen molar-refractivity contribution < 1.29 is 19.8 Å². The molecule has 0 spiro atoms. The number of hydrogen-bond donors (Lipinski definition) is 2. The summed E-state index contributed by atoms with van der Waals surface area (Å²) in [7, 11) is 0. The number of halogens is 2. The van der Waals surface area contributed by atoms with E-state index in [0.717, 1.165) is 0 Å². The third kappa shape index (κ3) is 4.57. The Labute approximate surface area is 125 Å². The van der Waals surface area contributed by atoms with Crippen molar-refractivity contribution in [1.82, 2.24) is 0 Å². The minimum Gasteiger partial charge on any atom is -0.478 e. The summed E-state index contributed by atoms with van der Waals surface area (Å²) in [5, 5.41) is 18.3. The van der Waals surface area contributed by atoms with Gasteiger partial charge in [-0.1, -0.05) is 47.5 Å². The van der Waals surface area contributed by atoms with Gasteiger partial charge in [-0.3, -0.25) is 0 Å². The second-order valence-corrected chi connectivity index (χ2v) is 4.38. The number of hydrogen-bond acceptors (Lipinski definition) is 2. The van der Waals surface area contributed by atoms with Crippen molar-refractivity contribution in [3.05, 3.63) is 69.7 Å². The average molecular weight is 313 g/mol. The number of carbonyl (C=O) groups is 2. The Morgan fingerprint density at radius 1 is 0.700 bits per heavy atom. The summed E-state index contributed by atoms with van der Waals surface area (Å²) in [4.78, 5) is 20.9. The van der Waals surface area contributed by atoms with Crippen LogP contribution in [0.25, 0.3) is 0 Å². The topological polar surface area (TPSA) is 74.6 Å². The lowest BCUT2D eigenvalue weighted by atomic mass is 10.1. The first-order valence-corrected chi connectivity index (χ1v) is 6.14. The maximum absolute atomic E-state index is 10.5. The van der Waals surface area contributed by atoms with E-state index in [2.05, 4.69) is 0 Å². The van der Waals surface area contributed by atoms with E-state index in [0.29, 0.717) is 10.0 Å². The van der Waals surface area contributed by atoms with Crippen molar-refractivity contribution in [1.29, 1.82) is 0 Å². The number of benzene rings is 2. The first-order valence-electron chi connectivity index (χ1n) is 5.39. The SMILES string of the molecule is Clc1ccccc1Cl.O=C(O)c1ccccc1C(=O)O. The summed E-state index contributed by atoms with van der Waals surface area (Å²) in [5.74, 6) is -2.46. The molecule has 0 atom stereocenters. The van der Waals surface area contributed by atoms with Crippen LogP contribution in [0.2, 0.25) is 10.0 Å². The third-order valence-corrected chi connectivity index (χ3v) is 2.97. The number of aromatic carboxylic acids is 2. The Kier molecular flexibility index (Phi) is 6.03. The van der Waals surface area contributed by atoms with Crippen LogP contribution in [0.15, 0.2) is 48.5 Å². The molecule has 0 unspecified atom stereocenters. The van der Waals surface area contributed by atoms with Gasteiger partial charge < -0.3 is 10.2 Å². The highest BCUT2D eigenvalue weighted by molar-refractivity contribution is 6.41. The zero-order valence-corrected chi connectivity index (χ0v) is 11.6. The Morgan fingerprint density at radius 2 is 1.00 bits per heavy atom. The summed E-state index contributed by atoms with van der Waals surface area (Å²) in [5.41, 5.74) is -0.380. The predicted molar refractivity (Wildman–Crippen MR) is 76.8 cm³/mol. The molecule has 0 fully saturated rings. The van der Waals surface area contributed by atoms with Gasteiger partial charge in [-0.25, -0.2) is 9.59 Å².